The van der Waals surface area contributed by atoms with Crippen LogP contribution in [0, 0.1) is 0 Å². The summed E-state index contributed by atoms with van der Waals surface area (Å²) in [6.07, 6.45) is 3.60. The lowest BCUT2D eigenvalue weighted by molar-refractivity contribution is 0.0986. The number of hydrogen-bond acceptors (Lipinski definition) is 4. The summed E-state index contributed by atoms with van der Waals surface area (Å²) >= 11 is 0. The Morgan fingerprint density at radius 3 is 3.38 bits per heavy atom. The highest BCUT2D eigenvalue weighted by Crippen LogP contribution is 2.25. The molecule has 5 heteroatoms. The summed E-state index contributed by atoms with van der Waals surface area (Å²) in [6, 6.07) is 2.37. The lowest BCUT2D eigenvalue weighted by Crippen LogP contribution is -2.44. The maximum absolute atomic E-state index is 5.43. The smallest absolute Gasteiger partial charge is 0.158 e. The minimum atomic E-state index is 0.369. The predicted molar refractivity (Wildman–Crippen MR) is 61.5 cm³/mol. The van der Waals surface area contributed by atoms with E-state index in [4.69, 9.17) is 4.74 Å². The summed E-state index contributed by atoms with van der Waals surface area (Å²) in [5.41, 5.74) is 0.983. The molecule has 2 aromatic heterocycles. The van der Waals surface area contributed by atoms with Crippen molar-refractivity contribution in [1.82, 2.24) is 15.2 Å². The van der Waals surface area contributed by atoms with Gasteiger partial charge in [0, 0.05) is 18.1 Å². The van der Waals surface area contributed by atoms with Gasteiger partial charge in [0.25, 0.3) is 0 Å². The molecule has 0 aliphatic carbocycles. The molecule has 84 valence electrons. The molecule has 5 nitrogen and oxygen atoms in total. The van der Waals surface area contributed by atoms with E-state index < -0.39 is 0 Å². The van der Waals surface area contributed by atoms with E-state index in [0.29, 0.717) is 6.04 Å². The number of H-pyrrole nitrogens is 1. The van der Waals surface area contributed by atoms with E-state index >= 15 is 0 Å². The van der Waals surface area contributed by atoms with E-state index in [1.54, 1.807) is 12.4 Å². The summed E-state index contributed by atoms with van der Waals surface area (Å²) in [6.45, 7) is 4.58. The van der Waals surface area contributed by atoms with Crippen LogP contribution in [-0.4, -0.2) is 41.0 Å². The number of nitrogens with zero attached hydrogens (tertiary/aromatic N) is 3. The van der Waals surface area contributed by atoms with Crippen molar-refractivity contribution < 1.29 is 4.74 Å². The number of ether oxygens (including phenoxy) is 1. The third kappa shape index (κ3) is 1.44. The van der Waals surface area contributed by atoms with Crippen molar-refractivity contribution in [2.24, 2.45) is 0 Å². The number of pyridine rings is 1. The molecule has 1 saturated heterocycles. The Hall–Kier alpha value is -1.62. The van der Waals surface area contributed by atoms with Crippen molar-refractivity contribution in [2.45, 2.75) is 13.0 Å². The van der Waals surface area contributed by atoms with Crippen LogP contribution in [0.15, 0.2) is 18.5 Å². The van der Waals surface area contributed by atoms with Crippen LogP contribution >= 0.6 is 0 Å². The molecular weight excluding hydrogens is 204 g/mol. The molecule has 0 bridgehead atoms. The molecule has 0 amide bonds. The Morgan fingerprint density at radius 1 is 1.56 bits per heavy atom. The first kappa shape index (κ1) is 9.59. The van der Waals surface area contributed by atoms with Crippen LogP contribution in [0.4, 0.5) is 5.82 Å². The third-order valence-electron chi connectivity index (χ3n) is 2.98. The van der Waals surface area contributed by atoms with Gasteiger partial charge in [0.1, 0.15) is 0 Å². The Labute approximate surface area is 93.4 Å². The SMILES string of the molecule is C[C@H]1COCCN1c1n[nH]c2cnccc12. The first-order valence-electron chi connectivity index (χ1n) is 5.49. The van der Waals surface area contributed by atoms with Gasteiger partial charge in [-0.15, -0.1) is 0 Å². The topological polar surface area (TPSA) is 54.0 Å². The zero-order valence-corrected chi connectivity index (χ0v) is 9.18. The molecule has 1 atom stereocenters. The second-order valence-corrected chi connectivity index (χ2v) is 4.09. The van der Waals surface area contributed by atoms with Crippen molar-refractivity contribution in [3.63, 3.8) is 0 Å². The summed E-state index contributed by atoms with van der Waals surface area (Å²) in [7, 11) is 0. The molecule has 0 radical (unpaired) electrons. The number of anilines is 1. The normalized spacial score (nSPS) is 21.6. The molecule has 1 N–H and O–H groups in total. The Kier molecular flexibility index (Phi) is 2.25. The van der Waals surface area contributed by atoms with Crippen LogP contribution < -0.4 is 4.90 Å². The number of fused-ring (bicyclic) bond motifs is 1. The molecule has 0 unspecified atom stereocenters. The highest BCUT2D eigenvalue weighted by atomic mass is 16.5. The van der Waals surface area contributed by atoms with Crippen LogP contribution in [0.1, 0.15) is 6.92 Å². The average molecular weight is 218 g/mol. The van der Waals surface area contributed by atoms with Gasteiger partial charge >= 0.3 is 0 Å². The van der Waals surface area contributed by atoms with Crippen molar-refractivity contribution in [3.8, 4) is 0 Å². The van der Waals surface area contributed by atoms with E-state index in [-0.39, 0.29) is 0 Å². The van der Waals surface area contributed by atoms with Gasteiger partial charge in [0.15, 0.2) is 5.82 Å². The van der Waals surface area contributed by atoms with Gasteiger partial charge in [-0.1, -0.05) is 0 Å². The van der Waals surface area contributed by atoms with Crippen molar-refractivity contribution in [2.75, 3.05) is 24.7 Å². The third-order valence-corrected chi connectivity index (χ3v) is 2.98. The average Bonchev–Trinajstić information content (AvgIpc) is 2.74. The molecule has 2 aromatic rings. The van der Waals surface area contributed by atoms with Crippen molar-refractivity contribution in [3.05, 3.63) is 18.5 Å². The van der Waals surface area contributed by atoms with Gasteiger partial charge in [0.05, 0.1) is 31.0 Å². The molecule has 1 fully saturated rings. The molecule has 0 saturated carbocycles. The number of rotatable bonds is 1. The highest BCUT2D eigenvalue weighted by Gasteiger charge is 2.22. The van der Waals surface area contributed by atoms with Crippen LogP contribution in [0.25, 0.3) is 10.9 Å². The van der Waals surface area contributed by atoms with Gasteiger partial charge in [-0.2, -0.15) is 5.10 Å². The van der Waals surface area contributed by atoms with Crippen molar-refractivity contribution >= 4 is 16.7 Å². The molecule has 16 heavy (non-hydrogen) atoms. The number of aromatic amines is 1. The van der Waals surface area contributed by atoms with Crippen LogP contribution in [0.2, 0.25) is 0 Å². The first-order chi connectivity index (χ1) is 7.86. The first-order valence-corrected chi connectivity index (χ1v) is 5.49. The van der Waals surface area contributed by atoms with Crippen molar-refractivity contribution in [1.29, 1.82) is 0 Å². The molecule has 1 aliphatic heterocycles. The Bertz CT molecular complexity index is 495. The quantitative estimate of drug-likeness (QED) is 0.781. The number of hydrogen-bond donors (Lipinski definition) is 1. The monoisotopic (exact) mass is 218 g/mol. The summed E-state index contributed by atoms with van der Waals surface area (Å²) in [4.78, 5) is 6.36. The number of aromatic nitrogens is 3. The minimum Gasteiger partial charge on any atom is -0.377 e. The van der Waals surface area contributed by atoms with Gasteiger partial charge in [-0.25, -0.2) is 0 Å². The number of morpholine rings is 1. The Balaban J connectivity index is 2.04. The molecular formula is C11H14N4O. The van der Waals surface area contributed by atoms with E-state index in [2.05, 4.69) is 27.0 Å². The standard InChI is InChI=1S/C11H14N4O/c1-8-7-16-5-4-15(8)11-9-2-3-12-6-10(9)13-14-11/h2-3,6,8H,4-5,7H2,1H3,(H,13,14)/t8-/m0/s1. The van der Waals surface area contributed by atoms with E-state index in [0.717, 1.165) is 36.5 Å². The lowest BCUT2D eigenvalue weighted by Gasteiger charge is -2.33. The fourth-order valence-electron chi connectivity index (χ4n) is 2.11. The molecule has 3 heterocycles. The lowest BCUT2D eigenvalue weighted by atomic mass is 10.2. The van der Waals surface area contributed by atoms with Crippen LogP contribution in [0.5, 0.6) is 0 Å². The van der Waals surface area contributed by atoms with Gasteiger partial charge in [-0.3, -0.25) is 10.1 Å². The molecule has 0 aromatic carbocycles. The predicted octanol–water partition coefficient (Wildman–Crippen LogP) is 1.18. The van der Waals surface area contributed by atoms with Gasteiger partial charge in [-0.05, 0) is 13.0 Å². The van der Waals surface area contributed by atoms with Gasteiger partial charge < -0.3 is 9.64 Å². The summed E-state index contributed by atoms with van der Waals surface area (Å²) in [5.74, 6) is 1.01. The van der Waals surface area contributed by atoms with Crippen LogP contribution in [0.3, 0.4) is 0 Å². The maximum atomic E-state index is 5.43. The molecule has 1 aliphatic rings. The van der Waals surface area contributed by atoms with Crippen LogP contribution in [-0.2, 0) is 4.74 Å². The number of nitrogens with one attached hydrogen (secondary N) is 1. The second kappa shape index (κ2) is 3.75. The van der Waals surface area contributed by atoms with Gasteiger partial charge in [0.2, 0.25) is 0 Å². The molecule has 0 spiro atoms. The fraction of sp³-hybridized carbons (Fsp3) is 0.455. The summed E-state index contributed by atoms with van der Waals surface area (Å²) in [5, 5.41) is 8.51. The molecule has 3 rings (SSSR count). The zero-order valence-electron chi connectivity index (χ0n) is 9.18. The van der Waals surface area contributed by atoms with E-state index in [9.17, 15) is 0 Å². The van der Waals surface area contributed by atoms with E-state index in [1.807, 2.05) is 6.07 Å². The van der Waals surface area contributed by atoms with E-state index in [1.165, 1.54) is 0 Å². The summed E-state index contributed by atoms with van der Waals surface area (Å²) < 4.78 is 5.43. The highest BCUT2D eigenvalue weighted by molar-refractivity contribution is 5.89. The maximum Gasteiger partial charge on any atom is 0.158 e. The fourth-order valence-corrected chi connectivity index (χ4v) is 2.11. The second-order valence-electron chi connectivity index (χ2n) is 4.09. The minimum absolute atomic E-state index is 0.369. The largest absolute Gasteiger partial charge is 0.377 e. The zero-order chi connectivity index (χ0) is 11.0. The Morgan fingerprint density at radius 2 is 2.50 bits per heavy atom.